The molecule has 5 nitrogen and oxygen atoms in total. The van der Waals surface area contributed by atoms with Crippen molar-refractivity contribution < 1.29 is 4.42 Å². The van der Waals surface area contributed by atoms with E-state index >= 15 is 0 Å². The van der Waals surface area contributed by atoms with Crippen molar-refractivity contribution in [3.8, 4) is 39.9 Å². The Morgan fingerprint density at radius 3 is 1.33 bits per heavy atom. The number of hydrogen-bond acceptors (Lipinski definition) is 4. The predicted octanol–water partition coefficient (Wildman–Crippen LogP) is 14.5. The van der Waals surface area contributed by atoms with Gasteiger partial charge < -0.3 is 8.98 Å². The van der Waals surface area contributed by atoms with E-state index in [9.17, 15) is 0 Å². The Labute approximate surface area is 343 Å². The maximum Gasteiger partial charge on any atom is 0.166 e. The van der Waals surface area contributed by atoms with Gasteiger partial charge in [-0.05, 0) is 97.7 Å². The molecule has 0 saturated heterocycles. The molecule has 0 aliphatic carbocycles. The van der Waals surface area contributed by atoms with Crippen LogP contribution in [0.1, 0.15) is 0 Å². The van der Waals surface area contributed by atoms with Crippen LogP contribution in [0.3, 0.4) is 0 Å². The number of nitrogens with zero attached hydrogens (tertiary/aromatic N) is 4. The molecule has 0 atom stereocenters. The molecule has 0 aliphatic heterocycles. The largest absolute Gasteiger partial charge is 0.456 e. The molecule has 0 spiro atoms. The van der Waals surface area contributed by atoms with Gasteiger partial charge >= 0.3 is 0 Å². The van der Waals surface area contributed by atoms with Crippen molar-refractivity contribution in [1.82, 2.24) is 19.5 Å². The summed E-state index contributed by atoms with van der Waals surface area (Å²) in [6, 6.07) is 68.8. The Morgan fingerprint density at radius 1 is 0.333 bits per heavy atom. The van der Waals surface area contributed by atoms with Crippen LogP contribution in [-0.2, 0) is 0 Å². The van der Waals surface area contributed by atoms with Crippen LogP contribution in [-0.4, -0.2) is 19.5 Å². The predicted molar refractivity (Wildman–Crippen MR) is 248 cm³/mol. The third-order valence-electron chi connectivity index (χ3n) is 12.1. The number of fused-ring (bicyclic) bond motifs is 10. The summed E-state index contributed by atoms with van der Waals surface area (Å²) >= 11 is 0. The normalized spacial score (nSPS) is 12.0. The molecule has 0 bridgehead atoms. The van der Waals surface area contributed by atoms with Gasteiger partial charge in [-0.15, -0.1) is 0 Å². The topological polar surface area (TPSA) is 56.7 Å². The molecule has 0 radical (unpaired) electrons. The molecule has 0 N–H and O–H groups in total. The molecule has 60 heavy (non-hydrogen) atoms. The van der Waals surface area contributed by atoms with Crippen molar-refractivity contribution in [3.63, 3.8) is 0 Å². The Hall–Kier alpha value is -8.15. The lowest BCUT2D eigenvalue weighted by Crippen LogP contribution is -2.04. The molecule has 0 unspecified atom stereocenters. The second-order valence-corrected chi connectivity index (χ2v) is 15.6. The monoisotopic (exact) mass is 764 g/mol. The summed E-state index contributed by atoms with van der Waals surface area (Å²) in [6.45, 7) is 0. The Morgan fingerprint density at radius 2 is 0.783 bits per heavy atom. The second-order valence-electron chi connectivity index (χ2n) is 15.6. The van der Waals surface area contributed by atoms with Gasteiger partial charge in [0.25, 0.3) is 0 Å². The van der Waals surface area contributed by atoms with Crippen LogP contribution < -0.4 is 0 Å². The summed E-state index contributed by atoms with van der Waals surface area (Å²) in [6.07, 6.45) is 0. The van der Waals surface area contributed by atoms with Crippen molar-refractivity contribution in [1.29, 1.82) is 0 Å². The lowest BCUT2D eigenvalue weighted by molar-refractivity contribution is 0.669. The lowest BCUT2D eigenvalue weighted by atomic mass is 10.0. The Bertz CT molecular complexity index is 3720. The molecule has 0 aliphatic rings. The number of para-hydroxylation sites is 1. The van der Waals surface area contributed by atoms with E-state index in [2.05, 4.69) is 187 Å². The maximum atomic E-state index is 6.62. The quantitative estimate of drug-likeness (QED) is 0.179. The summed E-state index contributed by atoms with van der Waals surface area (Å²) in [5, 5.41) is 13.6. The van der Waals surface area contributed by atoms with Crippen LogP contribution in [0.2, 0.25) is 0 Å². The molecule has 0 amide bonds. The van der Waals surface area contributed by atoms with E-state index in [4.69, 9.17) is 19.4 Å². The first-order chi connectivity index (χ1) is 29.7. The fourth-order valence-corrected chi connectivity index (χ4v) is 9.27. The fourth-order valence-electron chi connectivity index (χ4n) is 9.27. The van der Waals surface area contributed by atoms with Gasteiger partial charge in [0.15, 0.2) is 17.5 Å². The molecule has 0 fully saturated rings. The average molecular weight is 765 g/mol. The van der Waals surface area contributed by atoms with Gasteiger partial charge in [-0.3, -0.25) is 0 Å². The van der Waals surface area contributed by atoms with Crippen LogP contribution in [0.5, 0.6) is 0 Å². The zero-order chi connectivity index (χ0) is 39.3. The van der Waals surface area contributed by atoms with Crippen molar-refractivity contribution in [2.24, 2.45) is 0 Å². The maximum absolute atomic E-state index is 6.62. The van der Waals surface area contributed by atoms with Gasteiger partial charge in [-0.1, -0.05) is 140 Å². The van der Waals surface area contributed by atoms with E-state index in [1.54, 1.807) is 0 Å². The Balaban J connectivity index is 1.18. The Kier molecular flexibility index (Phi) is 6.95. The van der Waals surface area contributed by atoms with Crippen LogP contribution in [0, 0.1) is 0 Å². The first kappa shape index (κ1) is 32.9. The van der Waals surface area contributed by atoms with Gasteiger partial charge in [-0.25, -0.2) is 15.0 Å². The smallest absolute Gasteiger partial charge is 0.166 e. The summed E-state index contributed by atoms with van der Waals surface area (Å²) in [7, 11) is 0. The van der Waals surface area contributed by atoms with Crippen LogP contribution >= 0.6 is 0 Å². The zero-order valence-electron chi connectivity index (χ0n) is 32.2. The number of hydrogen-bond donors (Lipinski definition) is 0. The minimum atomic E-state index is 0.569. The van der Waals surface area contributed by atoms with E-state index in [1.165, 1.54) is 32.3 Å². The van der Waals surface area contributed by atoms with Crippen LogP contribution in [0.15, 0.2) is 199 Å². The summed E-state index contributed by atoms with van der Waals surface area (Å²) in [4.78, 5) is 16.2. The molecule has 278 valence electrons. The van der Waals surface area contributed by atoms with E-state index < -0.39 is 0 Å². The first-order valence-electron chi connectivity index (χ1n) is 20.3. The zero-order valence-corrected chi connectivity index (χ0v) is 32.2. The fraction of sp³-hybridized carbons (Fsp3) is 0. The minimum Gasteiger partial charge on any atom is -0.456 e. The summed E-state index contributed by atoms with van der Waals surface area (Å²) in [5.74, 6) is 1.77. The van der Waals surface area contributed by atoms with E-state index in [0.29, 0.717) is 17.5 Å². The number of benzene rings is 10. The van der Waals surface area contributed by atoms with E-state index in [0.717, 1.165) is 76.9 Å². The second kappa shape index (κ2) is 12.7. The number of aromatic nitrogens is 4. The third-order valence-corrected chi connectivity index (χ3v) is 12.1. The van der Waals surface area contributed by atoms with E-state index in [1.807, 2.05) is 12.1 Å². The summed E-state index contributed by atoms with van der Waals surface area (Å²) in [5.41, 5.74) is 7.45. The van der Waals surface area contributed by atoms with Crippen molar-refractivity contribution in [3.05, 3.63) is 194 Å². The van der Waals surface area contributed by atoms with Gasteiger partial charge in [0.1, 0.15) is 11.2 Å². The molecular formula is C55H32N4O. The molecule has 13 aromatic rings. The van der Waals surface area contributed by atoms with Crippen molar-refractivity contribution >= 4 is 86.8 Å². The average Bonchev–Trinajstić information content (AvgIpc) is 3.83. The SMILES string of the molecule is c1ccc2cc(-c3nc(-c4ccc5ccccc5c4)nc(-c4c(-n5c6cc7ccccc7cc6c6cc7ccccc7cc65)ccc5oc6ccccc6c45)n3)ccc2c1. The van der Waals surface area contributed by atoms with Crippen LogP contribution in [0.25, 0.3) is 127 Å². The number of furan rings is 1. The lowest BCUT2D eigenvalue weighted by Gasteiger charge is -2.16. The third kappa shape index (κ3) is 5.03. The highest BCUT2D eigenvalue weighted by atomic mass is 16.3. The minimum absolute atomic E-state index is 0.569. The molecule has 10 aromatic carbocycles. The molecule has 5 heteroatoms. The molecule has 0 saturated carbocycles. The van der Waals surface area contributed by atoms with Gasteiger partial charge in [0, 0.05) is 32.7 Å². The molecule has 13 rings (SSSR count). The molecular weight excluding hydrogens is 733 g/mol. The first-order valence-corrected chi connectivity index (χ1v) is 20.3. The number of rotatable bonds is 4. The standard InChI is InChI=1S/C55H32N4O/c1-3-13-35-27-41(23-21-33(35)11-1)53-56-54(42-24-22-34-12-2-4-14-36(34)28-42)58-55(57-53)52-46(25-26-50-51(52)43-19-9-10-20-49(43)60-50)59-47-31-39-17-7-5-15-37(39)29-44(47)45-30-38-16-6-8-18-40(38)32-48(45)59/h1-32H. The van der Waals surface area contributed by atoms with Gasteiger partial charge in [-0.2, -0.15) is 0 Å². The van der Waals surface area contributed by atoms with Crippen molar-refractivity contribution in [2.45, 2.75) is 0 Å². The highest BCUT2D eigenvalue weighted by Gasteiger charge is 2.25. The van der Waals surface area contributed by atoms with Gasteiger partial charge in [0.05, 0.1) is 22.3 Å². The summed E-state index contributed by atoms with van der Waals surface area (Å²) < 4.78 is 9.03. The van der Waals surface area contributed by atoms with Crippen LogP contribution in [0.4, 0.5) is 0 Å². The highest BCUT2D eigenvalue weighted by molar-refractivity contribution is 6.19. The van der Waals surface area contributed by atoms with Crippen molar-refractivity contribution in [2.75, 3.05) is 0 Å². The molecule has 3 heterocycles. The van der Waals surface area contributed by atoms with Gasteiger partial charge in [0.2, 0.25) is 0 Å². The highest BCUT2D eigenvalue weighted by Crippen LogP contribution is 2.44. The van der Waals surface area contributed by atoms with E-state index in [-0.39, 0.29) is 0 Å². The molecule has 3 aromatic heterocycles.